The minimum Gasteiger partial charge on any atom is -0.494 e. The highest BCUT2D eigenvalue weighted by Gasteiger charge is 2.20. The number of rotatable bonds is 8. The van der Waals surface area contributed by atoms with Crippen molar-refractivity contribution in [1.29, 1.82) is 0 Å². The average Bonchev–Trinajstić information content (AvgIpc) is 2.61. The second-order valence-corrected chi connectivity index (χ2v) is 7.14. The van der Waals surface area contributed by atoms with Gasteiger partial charge in [-0.15, -0.1) is 0 Å². The van der Waals surface area contributed by atoms with Gasteiger partial charge in [0.05, 0.1) is 18.5 Å². The summed E-state index contributed by atoms with van der Waals surface area (Å²) in [7, 11) is 0. The molecular formula is C18H18Cl3N3O3. The molecular weight excluding hydrogens is 413 g/mol. The fraction of sp³-hybridized carbons (Fsp3) is 0.278. The van der Waals surface area contributed by atoms with Gasteiger partial charge in [0.15, 0.2) is 10.8 Å². The first kappa shape index (κ1) is 21.3. The first-order valence-corrected chi connectivity index (χ1v) is 9.22. The number of carbonyl (C=O) groups is 1. The van der Waals surface area contributed by atoms with E-state index in [0.29, 0.717) is 12.5 Å². The van der Waals surface area contributed by atoms with E-state index in [1.807, 2.05) is 24.3 Å². The Bertz CT molecular complexity index is 840. The van der Waals surface area contributed by atoms with Crippen LogP contribution in [0.1, 0.15) is 36.3 Å². The van der Waals surface area contributed by atoms with Gasteiger partial charge in [0.25, 0.3) is 0 Å². The van der Waals surface area contributed by atoms with Gasteiger partial charge in [0.1, 0.15) is 15.8 Å². The zero-order chi connectivity index (χ0) is 20.0. The molecule has 6 nitrogen and oxygen atoms in total. The maximum absolute atomic E-state index is 11.2. The van der Waals surface area contributed by atoms with Crippen LogP contribution in [0.4, 0.5) is 5.69 Å². The maximum Gasteiger partial charge on any atom is 0.356 e. The van der Waals surface area contributed by atoms with Crippen LogP contribution in [-0.4, -0.2) is 28.9 Å². The largest absolute Gasteiger partial charge is 0.494 e. The highest BCUT2D eigenvalue weighted by atomic mass is 35.5. The Morgan fingerprint density at radius 1 is 1.26 bits per heavy atom. The molecule has 0 aliphatic carbocycles. The first-order chi connectivity index (χ1) is 12.8. The third-order valence-corrected chi connectivity index (χ3v) is 4.58. The van der Waals surface area contributed by atoms with Gasteiger partial charge in [-0.25, -0.2) is 9.78 Å². The number of nitrogens with one attached hydrogen (secondary N) is 1. The van der Waals surface area contributed by atoms with E-state index < -0.39 is 11.7 Å². The number of benzene rings is 1. The van der Waals surface area contributed by atoms with E-state index >= 15 is 0 Å². The third kappa shape index (κ3) is 5.99. The Morgan fingerprint density at radius 3 is 2.52 bits per heavy atom. The van der Waals surface area contributed by atoms with Crippen molar-refractivity contribution in [2.45, 2.75) is 20.3 Å². The van der Waals surface area contributed by atoms with Crippen LogP contribution >= 0.6 is 34.8 Å². The van der Waals surface area contributed by atoms with Crippen molar-refractivity contribution in [3.63, 3.8) is 0 Å². The lowest BCUT2D eigenvalue weighted by molar-refractivity contribution is 0.0691. The summed E-state index contributed by atoms with van der Waals surface area (Å²) in [6, 6.07) is 7.35. The van der Waals surface area contributed by atoms with Crippen LogP contribution in [0, 0.1) is 5.92 Å². The monoisotopic (exact) mass is 429 g/mol. The Hall–Kier alpha value is -2.02. The number of carboxylic acid groups (broad SMARTS) is 1. The van der Waals surface area contributed by atoms with Crippen LogP contribution in [-0.2, 0) is 0 Å². The highest BCUT2D eigenvalue weighted by Crippen LogP contribution is 2.36. The molecule has 0 saturated carbocycles. The van der Waals surface area contributed by atoms with Crippen LogP contribution in [0.2, 0.25) is 15.2 Å². The second-order valence-electron chi connectivity index (χ2n) is 6.03. The van der Waals surface area contributed by atoms with Crippen LogP contribution in [0.3, 0.4) is 0 Å². The number of hydrazone groups is 1. The quantitative estimate of drug-likeness (QED) is 0.323. The molecule has 0 unspecified atom stereocenters. The van der Waals surface area contributed by atoms with Crippen molar-refractivity contribution in [3.05, 3.63) is 50.7 Å². The number of anilines is 1. The number of hydrogen-bond acceptors (Lipinski definition) is 5. The van der Waals surface area contributed by atoms with Crippen molar-refractivity contribution in [1.82, 2.24) is 4.98 Å². The number of nitrogens with zero attached hydrogens (tertiary/aromatic N) is 2. The number of halogens is 3. The van der Waals surface area contributed by atoms with Crippen molar-refractivity contribution in [2.24, 2.45) is 11.0 Å². The topological polar surface area (TPSA) is 83.8 Å². The minimum atomic E-state index is -1.32. The summed E-state index contributed by atoms with van der Waals surface area (Å²) >= 11 is 17.9. The molecule has 2 N–H and O–H groups in total. The molecule has 9 heteroatoms. The molecule has 0 atom stereocenters. The fourth-order valence-electron chi connectivity index (χ4n) is 1.99. The number of ether oxygens (including phenoxy) is 1. The number of carboxylic acids is 1. The second kappa shape index (κ2) is 9.78. The van der Waals surface area contributed by atoms with Gasteiger partial charge >= 0.3 is 5.97 Å². The van der Waals surface area contributed by atoms with E-state index in [0.717, 1.165) is 17.7 Å². The SMILES string of the molecule is CC(C)CCOc1ccc(C=NNc2c(Cl)c(Cl)nc(C(=O)O)c2Cl)cc1. The summed E-state index contributed by atoms with van der Waals surface area (Å²) < 4.78 is 5.65. The molecule has 0 radical (unpaired) electrons. The lowest BCUT2D eigenvalue weighted by atomic mass is 10.1. The molecule has 1 heterocycles. The zero-order valence-corrected chi connectivity index (χ0v) is 16.9. The van der Waals surface area contributed by atoms with E-state index in [1.54, 1.807) is 0 Å². The normalized spacial score (nSPS) is 11.2. The van der Waals surface area contributed by atoms with Gasteiger partial charge in [-0.1, -0.05) is 48.7 Å². The number of aromatic nitrogens is 1. The van der Waals surface area contributed by atoms with Gasteiger partial charge in [0.2, 0.25) is 0 Å². The standard InChI is InChI=1S/C18H18Cl3N3O3/c1-10(2)7-8-27-12-5-3-11(4-6-12)9-22-24-15-13(19)16(18(25)26)23-17(21)14(15)20/h3-6,9-10H,7-8H2,1-2H3,(H,23,24)(H,25,26). The fourth-order valence-corrected chi connectivity index (χ4v) is 2.65. The van der Waals surface area contributed by atoms with E-state index in [9.17, 15) is 4.79 Å². The molecule has 0 aliphatic heterocycles. The molecule has 0 amide bonds. The smallest absolute Gasteiger partial charge is 0.356 e. The molecule has 1 aromatic carbocycles. The number of hydrogen-bond donors (Lipinski definition) is 2. The van der Waals surface area contributed by atoms with E-state index in [4.69, 9.17) is 44.6 Å². The predicted octanol–water partition coefficient (Wildman–Crippen LogP) is 5.61. The summed E-state index contributed by atoms with van der Waals surface area (Å²) in [5, 5.41) is 12.8. The Kier molecular flexibility index (Phi) is 7.71. The summed E-state index contributed by atoms with van der Waals surface area (Å²) in [5.74, 6) is 0.0435. The minimum absolute atomic E-state index is 0.0160. The summed E-state index contributed by atoms with van der Waals surface area (Å²) in [4.78, 5) is 14.8. The van der Waals surface area contributed by atoms with Crippen molar-refractivity contribution in [3.8, 4) is 5.75 Å². The van der Waals surface area contributed by atoms with Crippen molar-refractivity contribution in [2.75, 3.05) is 12.0 Å². The van der Waals surface area contributed by atoms with Crippen LogP contribution < -0.4 is 10.2 Å². The molecule has 2 aromatic rings. The highest BCUT2D eigenvalue weighted by molar-refractivity contribution is 6.46. The maximum atomic E-state index is 11.2. The molecule has 0 spiro atoms. The van der Waals surface area contributed by atoms with Gasteiger partial charge in [-0.05, 0) is 42.2 Å². The van der Waals surface area contributed by atoms with E-state index in [1.165, 1.54) is 6.21 Å². The molecule has 0 fully saturated rings. The van der Waals surface area contributed by atoms with Gasteiger partial charge in [-0.3, -0.25) is 5.43 Å². The molecule has 2 rings (SSSR count). The van der Waals surface area contributed by atoms with Crippen LogP contribution in [0.15, 0.2) is 29.4 Å². The molecule has 0 aliphatic rings. The van der Waals surface area contributed by atoms with Gasteiger partial charge in [0, 0.05) is 0 Å². The Labute approximate surface area is 172 Å². The zero-order valence-electron chi connectivity index (χ0n) is 14.7. The molecule has 27 heavy (non-hydrogen) atoms. The Morgan fingerprint density at radius 2 is 1.93 bits per heavy atom. The summed E-state index contributed by atoms with van der Waals surface area (Å²) in [6.07, 6.45) is 2.51. The lowest BCUT2D eigenvalue weighted by Crippen LogP contribution is -2.05. The van der Waals surface area contributed by atoms with E-state index in [-0.39, 0.29) is 20.9 Å². The van der Waals surface area contributed by atoms with Crippen LogP contribution in [0.5, 0.6) is 5.75 Å². The molecule has 0 saturated heterocycles. The van der Waals surface area contributed by atoms with Crippen LogP contribution in [0.25, 0.3) is 0 Å². The summed E-state index contributed by atoms with van der Waals surface area (Å²) in [6.45, 7) is 4.95. The Balaban J connectivity index is 2.06. The van der Waals surface area contributed by atoms with Gasteiger partial charge in [-0.2, -0.15) is 5.10 Å². The third-order valence-electron chi connectivity index (χ3n) is 3.47. The van der Waals surface area contributed by atoms with Gasteiger partial charge < -0.3 is 9.84 Å². The predicted molar refractivity (Wildman–Crippen MR) is 109 cm³/mol. The lowest BCUT2D eigenvalue weighted by Gasteiger charge is -2.09. The first-order valence-electron chi connectivity index (χ1n) is 8.09. The molecule has 0 bridgehead atoms. The average molecular weight is 431 g/mol. The summed E-state index contributed by atoms with van der Waals surface area (Å²) in [5.41, 5.74) is 3.07. The van der Waals surface area contributed by atoms with Crippen molar-refractivity contribution >= 4 is 52.7 Å². The van der Waals surface area contributed by atoms with E-state index in [2.05, 4.69) is 29.4 Å². The number of aromatic carboxylic acids is 1. The van der Waals surface area contributed by atoms with Crippen molar-refractivity contribution < 1.29 is 14.6 Å². The molecule has 1 aromatic heterocycles. The number of pyridine rings is 1. The molecule has 144 valence electrons.